The molecule has 0 spiro atoms. The van der Waals surface area contributed by atoms with Gasteiger partial charge in [-0.1, -0.05) is 6.07 Å². The molecule has 0 aliphatic carbocycles. The van der Waals surface area contributed by atoms with Gasteiger partial charge >= 0.3 is 0 Å². The molecular weight excluding hydrogens is 206 g/mol. The van der Waals surface area contributed by atoms with E-state index < -0.39 is 0 Å². The minimum absolute atomic E-state index is 0.310. The fourth-order valence-corrected chi connectivity index (χ4v) is 1.30. The van der Waals surface area contributed by atoms with Gasteiger partial charge in [0.05, 0.1) is 6.10 Å². The van der Waals surface area contributed by atoms with Crippen LogP contribution in [0.15, 0.2) is 22.9 Å². The number of pyridine rings is 1. The monoisotopic (exact) mass is 215 g/mol. The van der Waals surface area contributed by atoms with Crippen LogP contribution in [0.4, 0.5) is 0 Å². The molecule has 11 heavy (non-hydrogen) atoms. The van der Waals surface area contributed by atoms with Crippen LogP contribution in [0.25, 0.3) is 0 Å². The van der Waals surface area contributed by atoms with Crippen LogP contribution in [0.1, 0.15) is 12.5 Å². The molecule has 0 aliphatic heterocycles. The zero-order valence-corrected chi connectivity index (χ0v) is 7.87. The second kappa shape index (κ2) is 3.83. The van der Waals surface area contributed by atoms with E-state index in [1.807, 2.05) is 12.1 Å². The number of hydrogen-bond donors (Lipinski definition) is 1. The quantitative estimate of drug-likeness (QED) is 0.764. The molecule has 0 fully saturated rings. The molecule has 1 heterocycles. The molecule has 0 radical (unpaired) electrons. The molecule has 0 unspecified atom stereocenters. The Bertz CT molecular complexity index is 237. The molecule has 1 atom stereocenters. The van der Waals surface area contributed by atoms with Gasteiger partial charge < -0.3 is 5.11 Å². The normalized spacial score (nSPS) is 13.0. The van der Waals surface area contributed by atoms with E-state index in [1.54, 1.807) is 13.1 Å². The SMILES string of the molecule is C[C@@H](O)Cc1cccnc1Br. The topological polar surface area (TPSA) is 33.1 Å². The largest absolute Gasteiger partial charge is 0.393 e. The van der Waals surface area contributed by atoms with E-state index in [9.17, 15) is 0 Å². The van der Waals surface area contributed by atoms with Gasteiger partial charge in [0, 0.05) is 12.6 Å². The van der Waals surface area contributed by atoms with E-state index in [0.29, 0.717) is 6.42 Å². The minimum Gasteiger partial charge on any atom is -0.393 e. The Hall–Kier alpha value is -0.410. The van der Waals surface area contributed by atoms with E-state index in [2.05, 4.69) is 20.9 Å². The lowest BCUT2D eigenvalue weighted by Gasteiger charge is -2.04. The lowest BCUT2D eigenvalue weighted by atomic mass is 10.1. The Morgan fingerprint density at radius 3 is 3.00 bits per heavy atom. The highest BCUT2D eigenvalue weighted by Gasteiger charge is 2.02. The standard InChI is InChI=1S/C8H10BrNO/c1-6(11)5-7-3-2-4-10-8(7)9/h2-4,6,11H,5H2,1H3/t6-/m1/s1. The number of aliphatic hydroxyl groups excluding tert-OH is 1. The maximum Gasteiger partial charge on any atom is 0.109 e. The molecule has 2 nitrogen and oxygen atoms in total. The molecule has 1 N–H and O–H groups in total. The van der Waals surface area contributed by atoms with Crippen molar-refractivity contribution in [2.75, 3.05) is 0 Å². The first-order chi connectivity index (χ1) is 5.20. The van der Waals surface area contributed by atoms with Crippen molar-refractivity contribution in [2.24, 2.45) is 0 Å². The third-order valence-electron chi connectivity index (χ3n) is 1.35. The summed E-state index contributed by atoms with van der Waals surface area (Å²) in [5, 5.41) is 9.08. The van der Waals surface area contributed by atoms with Crippen LogP contribution < -0.4 is 0 Å². The molecule has 0 amide bonds. The summed E-state index contributed by atoms with van der Waals surface area (Å²) in [5.74, 6) is 0. The number of aliphatic hydroxyl groups is 1. The van der Waals surface area contributed by atoms with Crippen molar-refractivity contribution in [1.82, 2.24) is 4.98 Å². The maximum absolute atomic E-state index is 9.08. The molecule has 1 rings (SSSR count). The predicted octanol–water partition coefficient (Wildman–Crippen LogP) is 1.77. The Labute approximate surface area is 74.4 Å². The van der Waals surface area contributed by atoms with Crippen LogP contribution in [0, 0.1) is 0 Å². The van der Waals surface area contributed by atoms with Crippen molar-refractivity contribution < 1.29 is 5.11 Å². The Morgan fingerprint density at radius 1 is 1.73 bits per heavy atom. The van der Waals surface area contributed by atoms with Gasteiger partial charge in [-0.3, -0.25) is 0 Å². The first-order valence-corrected chi connectivity index (χ1v) is 4.27. The number of nitrogens with zero attached hydrogens (tertiary/aromatic N) is 1. The Morgan fingerprint density at radius 2 is 2.45 bits per heavy atom. The first kappa shape index (κ1) is 8.68. The minimum atomic E-state index is -0.310. The molecule has 1 aromatic rings. The van der Waals surface area contributed by atoms with Crippen molar-refractivity contribution in [3.05, 3.63) is 28.5 Å². The summed E-state index contributed by atoms with van der Waals surface area (Å²) in [6.45, 7) is 1.76. The van der Waals surface area contributed by atoms with Gasteiger partial charge in [0.25, 0.3) is 0 Å². The number of rotatable bonds is 2. The van der Waals surface area contributed by atoms with E-state index in [1.165, 1.54) is 0 Å². The summed E-state index contributed by atoms with van der Waals surface area (Å²) >= 11 is 3.30. The first-order valence-electron chi connectivity index (χ1n) is 3.47. The van der Waals surface area contributed by atoms with Crippen LogP contribution >= 0.6 is 15.9 Å². The summed E-state index contributed by atoms with van der Waals surface area (Å²) < 4.78 is 0.820. The molecular formula is C8H10BrNO. The Balaban J connectivity index is 2.78. The number of aromatic nitrogens is 1. The fraction of sp³-hybridized carbons (Fsp3) is 0.375. The van der Waals surface area contributed by atoms with E-state index >= 15 is 0 Å². The predicted molar refractivity (Wildman–Crippen MR) is 47.3 cm³/mol. The lowest BCUT2D eigenvalue weighted by Crippen LogP contribution is -2.04. The summed E-state index contributed by atoms with van der Waals surface area (Å²) in [6.07, 6.45) is 2.06. The van der Waals surface area contributed by atoms with Gasteiger partial charge in [0.1, 0.15) is 4.60 Å². The van der Waals surface area contributed by atoms with Crippen LogP contribution in [-0.2, 0) is 6.42 Å². The zero-order chi connectivity index (χ0) is 8.27. The maximum atomic E-state index is 9.08. The smallest absolute Gasteiger partial charge is 0.109 e. The number of hydrogen-bond acceptors (Lipinski definition) is 2. The van der Waals surface area contributed by atoms with Crippen LogP contribution in [0.2, 0.25) is 0 Å². The van der Waals surface area contributed by atoms with Crippen LogP contribution in [-0.4, -0.2) is 16.2 Å². The van der Waals surface area contributed by atoms with Crippen molar-refractivity contribution in [3.63, 3.8) is 0 Å². The third kappa shape index (κ3) is 2.60. The van der Waals surface area contributed by atoms with Crippen molar-refractivity contribution in [2.45, 2.75) is 19.4 Å². The van der Waals surface area contributed by atoms with Gasteiger partial charge in [-0.15, -0.1) is 0 Å². The lowest BCUT2D eigenvalue weighted by molar-refractivity contribution is 0.195. The molecule has 0 saturated heterocycles. The van der Waals surface area contributed by atoms with Crippen molar-refractivity contribution in [3.8, 4) is 0 Å². The van der Waals surface area contributed by atoms with E-state index in [-0.39, 0.29) is 6.10 Å². The number of halogens is 1. The van der Waals surface area contributed by atoms with Gasteiger partial charge in [0.2, 0.25) is 0 Å². The highest BCUT2D eigenvalue weighted by molar-refractivity contribution is 9.10. The van der Waals surface area contributed by atoms with Gasteiger partial charge in [-0.2, -0.15) is 0 Å². The third-order valence-corrected chi connectivity index (χ3v) is 2.07. The average molecular weight is 216 g/mol. The Kier molecular flexibility index (Phi) is 3.02. The van der Waals surface area contributed by atoms with Crippen molar-refractivity contribution in [1.29, 1.82) is 0 Å². The average Bonchev–Trinajstić information content (AvgIpc) is 1.93. The second-order valence-corrected chi connectivity index (χ2v) is 3.26. The van der Waals surface area contributed by atoms with Crippen molar-refractivity contribution >= 4 is 15.9 Å². The summed E-state index contributed by atoms with van der Waals surface area (Å²) in [6, 6.07) is 3.81. The molecule has 0 bridgehead atoms. The molecule has 1 aromatic heterocycles. The summed E-state index contributed by atoms with van der Waals surface area (Å²) in [7, 11) is 0. The molecule has 0 saturated carbocycles. The van der Waals surface area contributed by atoms with E-state index in [4.69, 9.17) is 5.11 Å². The molecule has 0 aliphatic rings. The van der Waals surface area contributed by atoms with Crippen LogP contribution in [0.3, 0.4) is 0 Å². The van der Waals surface area contributed by atoms with Gasteiger partial charge in [0.15, 0.2) is 0 Å². The summed E-state index contributed by atoms with van der Waals surface area (Å²) in [4.78, 5) is 4.04. The highest BCUT2D eigenvalue weighted by atomic mass is 79.9. The molecule has 0 aromatic carbocycles. The van der Waals surface area contributed by atoms with Gasteiger partial charge in [-0.25, -0.2) is 4.98 Å². The van der Waals surface area contributed by atoms with E-state index in [0.717, 1.165) is 10.2 Å². The van der Waals surface area contributed by atoms with Crippen LogP contribution in [0.5, 0.6) is 0 Å². The second-order valence-electron chi connectivity index (χ2n) is 2.51. The molecule has 60 valence electrons. The summed E-state index contributed by atoms with van der Waals surface area (Å²) in [5.41, 5.74) is 1.04. The molecule has 3 heteroatoms. The fourth-order valence-electron chi connectivity index (χ4n) is 0.890. The van der Waals surface area contributed by atoms with Gasteiger partial charge in [-0.05, 0) is 34.5 Å². The highest BCUT2D eigenvalue weighted by Crippen LogP contribution is 2.13. The zero-order valence-electron chi connectivity index (χ0n) is 6.29.